The summed E-state index contributed by atoms with van der Waals surface area (Å²) in [5.74, 6) is 2.53. The number of fused-ring (bicyclic) bond motifs is 1. The molecule has 140 valence electrons. The number of hydrogen-bond donors (Lipinski definition) is 2. The molecule has 1 fully saturated rings. The highest BCUT2D eigenvalue weighted by molar-refractivity contribution is 5.90. The number of anilines is 2. The Labute approximate surface area is 159 Å². The van der Waals surface area contributed by atoms with Crippen LogP contribution in [0.1, 0.15) is 12.7 Å². The summed E-state index contributed by atoms with van der Waals surface area (Å²) in [5, 5.41) is 4.44. The number of hydrogen-bond acceptors (Lipinski definition) is 5. The zero-order chi connectivity index (χ0) is 18.6. The van der Waals surface area contributed by atoms with E-state index in [0.29, 0.717) is 6.54 Å². The van der Waals surface area contributed by atoms with Crippen LogP contribution in [0.15, 0.2) is 59.2 Å². The molecule has 1 aliphatic heterocycles. The molecule has 0 bridgehead atoms. The lowest BCUT2D eigenvalue weighted by Gasteiger charge is -2.32. The van der Waals surface area contributed by atoms with E-state index in [9.17, 15) is 0 Å². The summed E-state index contributed by atoms with van der Waals surface area (Å²) in [6.45, 7) is 11.9. The molecule has 6 nitrogen and oxygen atoms in total. The van der Waals surface area contributed by atoms with Crippen LogP contribution < -0.4 is 15.1 Å². The minimum absolute atomic E-state index is 0.601. The van der Waals surface area contributed by atoms with E-state index in [1.165, 1.54) is 5.57 Å². The second-order valence-electron chi connectivity index (χ2n) is 7.19. The average molecular weight is 364 g/mol. The minimum atomic E-state index is 0.601. The number of benzene rings is 1. The van der Waals surface area contributed by atoms with E-state index >= 15 is 0 Å². The normalized spacial score (nSPS) is 15.2. The van der Waals surface area contributed by atoms with Gasteiger partial charge >= 0.3 is 0 Å². The van der Waals surface area contributed by atoms with Crippen LogP contribution in [0.3, 0.4) is 0 Å². The monoisotopic (exact) mass is 364 g/mol. The maximum Gasteiger partial charge on any atom is 0.228 e. The zero-order valence-electron chi connectivity index (χ0n) is 15.7. The van der Waals surface area contributed by atoms with Gasteiger partial charge in [-0.3, -0.25) is 0 Å². The van der Waals surface area contributed by atoms with Gasteiger partial charge in [-0.2, -0.15) is 4.98 Å². The summed E-state index contributed by atoms with van der Waals surface area (Å²) in [7, 11) is 0. The fourth-order valence-corrected chi connectivity index (χ4v) is 3.55. The third kappa shape index (κ3) is 4.11. The molecular weight excluding hydrogens is 338 g/mol. The highest BCUT2D eigenvalue weighted by Crippen LogP contribution is 2.24. The van der Waals surface area contributed by atoms with Gasteiger partial charge in [0.2, 0.25) is 5.95 Å². The highest BCUT2D eigenvalue weighted by Gasteiger charge is 2.22. The van der Waals surface area contributed by atoms with Crippen molar-refractivity contribution in [1.29, 1.82) is 0 Å². The van der Waals surface area contributed by atoms with Crippen molar-refractivity contribution in [1.82, 2.24) is 9.97 Å². The van der Waals surface area contributed by atoms with Crippen LogP contribution >= 0.6 is 0 Å². The van der Waals surface area contributed by atoms with Gasteiger partial charge in [0, 0.05) is 5.39 Å². The molecule has 4 rings (SSSR count). The fourth-order valence-electron chi connectivity index (χ4n) is 3.55. The number of quaternary nitrogens is 1. The molecule has 27 heavy (non-hydrogen) atoms. The lowest BCUT2D eigenvalue weighted by atomic mass is 10.2. The number of rotatable bonds is 6. The van der Waals surface area contributed by atoms with E-state index < -0.39 is 0 Å². The average Bonchev–Trinajstić information content (AvgIpc) is 3.19. The Bertz CT molecular complexity index is 913. The molecule has 3 aromatic rings. The molecule has 0 saturated carbocycles. The number of nitrogens with one attached hydrogen (secondary N) is 2. The summed E-state index contributed by atoms with van der Waals surface area (Å²) < 4.78 is 5.43. The topological polar surface area (TPSA) is 58.6 Å². The predicted octanol–water partition coefficient (Wildman–Crippen LogP) is 2.12. The molecule has 3 heterocycles. The second-order valence-corrected chi connectivity index (χ2v) is 7.19. The Kier molecular flexibility index (Phi) is 5.07. The van der Waals surface area contributed by atoms with Crippen LogP contribution in [-0.4, -0.2) is 42.7 Å². The van der Waals surface area contributed by atoms with Crippen LogP contribution in [0.25, 0.3) is 10.9 Å². The van der Waals surface area contributed by atoms with Crippen LogP contribution in [-0.2, 0) is 6.54 Å². The van der Waals surface area contributed by atoms with Crippen molar-refractivity contribution < 1.29 is 9.32 Å². The number of aromatic nitrogens is 2. The van der Waals surface area contributed by atoms with Crippen LogP contribution in [0, 0.1) is 0 Å². The lowest BCUT2D eigenvalue weighted by molar-refractivity contribution is -0.895. The van der Waals surface area contributed by atoms with Gasteiger partial charge in [-0.05, 0) is 36.8 Å². The van der Waals surface area contributed by atoms with E-state index in [2.05, 4.69) is 29.8 Å². The Balaban J connectivity index is 1.55. The number of furan rings is 1. The van der Waals surface area contributed by atoms with E-state index in [1.807, 2.05) is 30.3 Å². The van der Waals surface area contributed by atoms with E-state index in [4.69, 9.17) is 14.4 Å². The molecule has 6 heteroatoms. The van der Waals surface area contributed by atoms with Crippen molar-refractivity contribution in [2.24, 2.45) is 0 Å². The first-order chi connectivity index (χ1) is 13.2. The maximum absolute atomic E-state index is 5.43. The first-order valence-corrected chi connectivity index (χ1v) is 9.45. The predicted molar refractivity (Wildman–Crippen MR) is 108 cm³/mol. The quantitative estimate of drug-likeness (QED) is 0.656. The van der Waals surface area contributed by atoms with Crippen molar-refractivity contribution in [3.05, 3.63) is 60.6 Å². The third-order valence-corrected chi connectivity index (χ3v) is 4.91. The van der Waals surface area contributed by atoms with Gasteiger partial charge in [0.15, 0.2) is 0 Å². The number of piperazine rings is 1. The van der Waals surface area contributed by atoms with Crippen LogP contribution in [0.5, 0.6) is 0 Å². The SMILES string of the molecule is C=C(C)C[NH+]1CCN(c2nc(NCc3ccco3)c3ccccc3n2)CC1. The summed E-state index contributed by atoms with van der Waals surface area (Å²) in [6.07, 6.45) is 1.69. The molecule has 1 saturated heterocycles. The van der Waals surface area contributed by atoms with Gasteiger partial charge in [0.1, 0.15) is 11.6 Å². The summed E-state index contributed by atoms with van der Waals surface area (Å²) >= 11 is 0. The number of nitrogens with zero attached hydrogens (tertiary/aromatic N) is 3. The Morgan fingerprint density at radius 2 is 2.00 bits per heavy atom. The molecule has 0 radical (unpaired) electrons. The van der Waals surface area contributed by atoms with Gasteiger partial charge in [-0.1, -0.05) is 18.7 Å². The summed E-state index contributed by atoms with van der Waals surface area (Å²) in [5.41, 5.74) is 2.20. The highest BCUT2D eigenvalue weighted by atomic mass is 16.3. The molecule has 0 aliphatic carbocycles. The summed E-state index contributed by atoms with van der Waals surface area (Å²) in [4.78, 5) is 13.5. The Morgan fingerprint density at radius 1 is 1.19 bits per heavy atom. The van der Waals surface area contributed by atoms with Crippen molar-refractivity contribution in [2.45, 2.75) is 13.5 Å². The van der Waals surface area contributed by atoms with E-state index in [1.54, 1.807) is 11.2 Å². The van der Waals surface area contributed by atoms with Crippen LogP contribution in [0.4, 0.5) is 11.8 Å². The van der Waals surface area contributed by atoms with Crippen LogP contribution in [0.2, 0.25) is 0 Å². The number of para-hydroxylation sites is 1. The molecule has 1 aliphatic rings. The van der Waals surface area contributed by atoms with Crippen molar-refractivity contribution >= 4 is 22.7 Å². The molecule has 0 unspecified atom stereocenters. The van der Waals surface area contributed by atoms with E-state index in [-0.39, 0.29) is 0 Å². The molecule has 0 amide bonds. The zero-order valence-corrected chi connectivity index (χ0v) is 15.7. The molecule has 0 spiro atoms. The Morgan fingerprint density at radius 3 is 2.74 bits per heavy atom. The van der Waals surface area contributed by atoms with Gasteiger partial charge in [-0.25, -0.2) is 4.98 Å². The van der Waals surface area contributed by atoms with Crippen molar-refractivity contribution in [3.8, 4) is 0 Å². The molecule has 0 atom stereocenters. The largest absolute Gasteiger partial charge is 0.467 e. The molecule has 2 N–H and O–H groups in total. The van der Waals surface area contributed by atoms with Crippen molar-refractivity contribution in [2.75, 3.05) is 42.9 Å². The maximum atomic E-state index is 5.43. The third-order valence-electron chi connectivity index (χ3n) is 4.91. The summed E-state index contributed by atoms with van der Waals surface area (Å²) in [6, 6.07) is 12.0. The minimum Gasteiger partial charge on any atom is -0.467 e. The van der Waals surface area contributed by atoms with E-state index in [0.717, 1.165) is 61.2 Å². The van der Waals surface area contributed by atoms with Gasteiger partial charge in [-0.15, -0.1) is 0 Å². The van der Waals surface area contributed by atoms with Gasteiger partial charge in [0.25, 0.3) is 0 Å². The first kappa shape index (κ1) is 17.5. The molecular formula is C21H26N5O+. The van der Waals surface area contributed by atoms with Gasteiger partial charge < -0.3 is 19.5 Å². The fraction of sp³-hybridized carbons (Fsp3) is 0.333. The lowest BCUT2D eigenvalue weighted by Crippen LogP contribution is -3.15. The second kappa shape index (κ2) is 7.80. The Hall–Kier alpha value is -2.86. The smallest absolute Gasteiger partial charge is 0.228 e. The first-order valence-electron chi connectivity index (χ1n) is 9.45. The standard InChI is InChI=1S/C21H25N5O/c1-16(2)15-25-9-11-26(12-10-25)21-23-19-8-4-3-7-18(19)20(24-21)22-14-17-6-5-13-27-17/h3-8,13H,1,9-12,14-15H2,2H3,(H,22,23,24)/p+1. The molecule has 1 aromatic carbocycles. The van der Waals surface area contributed by atoms with Gasteiger partial charge in [0.05, 0.1) is 51.0 Å². The van der Waals surface area contributed by atoms with Crippen molar-refractivity contribution in [3.63, 3.8) is 0 Å². The molecule has 2 aromatic heterocycles.